The maximum atomic E-state index is 12.9. The van der Waals surface area contributed by atoms with Gasteiger partial charge in [0.2, 0.25) is 0 Å². The van der Waals surface area contributed by atoms with E-state index in [2.05, 4.69) is 15.1 Å². The van der Waals surface area contributed by atoms with E-state index in [1.54, 1.807) is 0 Å². The van der Waals surface area contributed by atoms with Crippen molar-refractivity contribution in [3.05, 3.63) is 65.2 Å². The summed E-state index contributed by atoms with van der Waals surface area (Å²) in [7, 11) is 0. The van der Waals surface area contributed by atoms with Gasteiger partial charge in [-0.2, -0.15) is 5.10 Å². The molecule has 1 aliphatic heterocycles. The fraction of sp³-hybridized carbons (Fsp3) is 0.211. The minimum absolute atomic E-state index is 0.0606. The lowest BCUT2D eigenvalue weighted by Gasteiger charge is -2.28. The normalized spacial score (nSPS) is 14.2. The summed E-state index contributed by atoms with van der Waals surface area (Å²) in [5.74, 6) is 0.0606. The van der Waals surface area contributed by atoms with Gasteiger partial charge in [0, 0.05) is 60.0 Å². The number of H-pyrrole nitrogens is 1. The lowest BCUT2D eigenvalue weighted by molar-refractivity contribution is 0.0733. The molecule has 0 spiro atoms. The van der Waals surface area contributed by atoms with Crippen LogP contribution in [0.3, 0.4) is 0 Å². The molecular weight excluding hydrogens is 314 g/mol. The second-order valence-corrected chi connectivity index (χ2v) is 6.54. The second-order valence-electron chi connectivity index (χ2n) is 6.54. The number of rotatable bonds is 1. The Morgan fingerprint density at radius 2 is 2.16 bits per heavy atom. The summed E-state index contributed by atoms with van der Waals surface area (Å²) in [4.78, 5) is 22.4. The molecule has 0 bridgehead atoms. The summed E-state index contributed by atoms with van der Waals surface area (Å²) < 4.78 is 1.92. The highest BCUT2D eigenvalue weighted by Gasteiger charge is 2.24. The topological polar surface area (TPSA) is 66.3 Å². The molecule has 1 N–H and O–H groups in total. The maximum absolute atomic E-state index is 12.9. The van der Waals surface area contributed by atoms with Gasteiger partial charge >= 0.3 is 0 Å². The van der Waals surface area contributed by atoms with Crippen LogP contribution in [0.4, 0.5) is 0 Å². The van der Waals surface area contributed by atoms with E-state index in [0.717, 1.165) is 45.5 Å². The van der Waals surface area contributed by atoms with Crippen molar-refractivity contribution in [3.8, 4) is 0 Å². The third-order valence-electron chi connectivity index (χ3n) is 4.86. The molecule has 0 atom stereocenters. The average Bonchev–Trinajstić information content (AvgIpc) is 3.25. The summed E-state index contributed by atoms with van der Waals surface area (Å²) in [6, 6.07) is 9.75. The van der Waals surface area contributed by atoms with Crippen LogP contribution >= 0.6 is 0 Å². The van der Waals surface area contributed by atoms with E-state index in [1.807, 2.05) is 59.1 Å². The van der Waals surface area contributed by atoms with Crippen molar-refractivity contribution in [2.45, 2.75) is 19.9 Å². The molecule has 124 valence electrons. The molecule has 0 saturated heterocycles. The molecule has 0 saturated carbocycles. The standard InChI is InChI=1S/C19H17N5O/c1-12-8-18-21-10-15-11-23(7-5-17(15)24(18)22-12)19(25)14-2-3-16-13(9-14)4-6-20-16/h2-4,6,8-10,20H,5,7,11H2,1H3. The largest absolute Gasteiger partial charge is 0.361 e. The number of aromatic amines is 1. The third-order valence-corrected chi connectivity index (χ3v) is 4.86. The highest BCUT2D eigenvalue weighted by molar-refractivity contribution is 5.98. The van der Waals surface area contributed by atoms with Crippen LogP contribution < -0.4 is 0 Å². The van der Waals surface area contributed by atoms with E-state index in [9.17, 15) is 4.79 Å². The van der Waals surface area contributed by atoms with E-state index >= 15 is 0 Å². The van der Waals surface area contributed by atoms with Gasteiger partial charge in [-0.15, -0.1) is 0 Å². The second kappa shape index (κ2) is 5.17. The summed E-state index contributed by atoms with van der Waals surface area (Å²) in [6.45, 7) is 3.23. The molecule has 3 aromatic heterocycles. The minimum atomic E-state index is 0.0606. The first-order valence-corrected chi connectivity index (χ1v) is 8.38. The quantitative estimate of drug-likeness (QED) is 0.583. The van der Waals surface area contributed by atoms with Crippen LogP contribution in [0.15, 0.2) is 42.7 Å². The molecule has 4 aromatic rings. The molecule has 0 unspecified atom stereocenters. The molecule has 0 aliphatic carbocycles. The zero-order chi connectivity index (χ0) is 17.0. The van der Waals surface area contributed by atoms with E-state index < -0.39 is 0 Å². The lowest BCUT2D eigenvalue weighted by atomic mass is 10.1. The number of carbonyl (C=O) groups is 1. The summed E-state index contributed by atoms with van der Waals surface area (Å²) >= 11 is 0. The number of hydrogen-bond acceptors (Lipinski definition) is 3. The zero-order valence-electron chi connectivity index (χ0n) is 13.9. The van der Waals surface area contributed by atoms with E-state index in [0.29, 0.717) is 13.1 Å². The van der Waals surface area contributed by atoms with Crippen molar-refractivity contribution in [1.82, 2.24) is 24.5 Å². The Balaban J connectivity index is 1.48. The Morgan fingerprint density at radius 3 is 3.08 bits per heavy atom. The predicted molar refractivity (Wildman–Crippen MR) is 94.5 cm³/mol. The molecule has 6 nitrogen and oxygen atoms in total. The smallest absolute Gasteiger partial charge is 0.254 e. The van der Waals surface area contributed by atoms with Crippen molar-refractivity contribution in [2.75, 3.05) is 6.54 Å². The van der Waals surface area contributed by atoms with Crippen LogP contribution in [-0.4, -0.2) is 36.9 Å². The number of fused-ring (bicyclic) bond motifs is 4. The molecular formula is C19H17N5O. The maximum Gasteiger partial charge on any atom is 0.254 e. The third kappa shape index (κ3) is 2.21. The van der Waals surface area contributed by atoms with Gasteiger partial charge in [-0.1, -0.05) is 0 Å². The first kappa shape index (κ1) is 14.2. The minimum Gasteiger partial charge on any atom is -0.361 e. The Bertz CT molecular complexity index is 1120. The van der Waals surface area contributed by atoms with Gasteiger partial charge in [0.1, 0.15) is 0 Å². The number of hydrogen-bond donors (Lipinski definition) is 1. The van der Waals surface area contributed by atoms with Gasteiger partial charge < -0.3 is 9.88 Å². The van der Waals surface area contributed by atoms with Crippen molar-refractivity contribution in [1.29, 1.82) is 0 Å². The first-order valence-electron chi connectivity index (χ1n) is 8.38. The van der Waals surface area contributed by atoms with Crippen molar-refractivity contribution < 1.29 is 4.79 Å². The molecule has 4 heterocycles. The van der Waals surface area contributed by atoms with Crippen LogP contribution in [0.2, 0.25) is 0 Å². The highest BCUT2D eigenvalue weighted by Crippen LogP contribution is 2.22. The molecule has 1 amide bonds. The number of benzene rings is 1. The average molecular weight is 331 g/mol. The number of aryl methyl sites for hydroxylation is 1. The van der Waals surface area contributed by atoms with Crippen LogP contribution in [-0.2, 0) is 13.0 Å². The monoisotopic (exact) mass is 331 g/mol. The Morgan fingerprint density at radius 1 is 1.24 bits per heavy atom. The molecule has 0 radical (unpaired) electrons. The number of nitrogens with zero attached hydrogens (tertiary/aromatic N) is 4. The van der Waals surface area contributed by atoms with Gasteiger partial charge in [-0.3, -0.25) is 4.79 Å². The zero-order valence-corrected chi connectivity index (χ0v) is 13.9. The van der Waals surface area contributed by atoms with Gasteiger partial charge in [-0.05, 0) is 31.2 Å². The number of amides is 1. The number of aromatic nitrogens is 4. The van der Waals surface area contributed by atoms with Crippen LogP contribution in [0.1, 0.15) is 27.3 Å². The van der Waals surface area contributed by atoms with E-state index in [4.69, 9.17) is 0 Å². The Labute approximate surface area is 144 Å². The fourth-order valence-corrected chi connectivity index (χ4v) is 3.60. The highest BCUT2D eigenvalue weighted by atomic mass is 16.2. The fourth-order valence-electron chi connectivity index (χ4n) is 3.60. The van der Waals surface area contributed by atoms with E-state index in [-0.39, 0.29) is 5.91 Å². The van der Waals surface area contributed by atoms with Crippen LogP contribution in [0.25, 0.3) is 16.6 Å². The Kier molecular flexibility index (Phi) is 2.94. The van der Waals surface area contributed by atoms with Gasteiger partial charge in [-0.25, -0.2) is 9.50 Å². The molecule has 25 heavy (non-hydrogen) atoms. The van der Waals surface area contributed by atoms with Crippen molar-refractivity contribution >= 4 is 22.5 Å². The van der Waals surface area contributed by atoms with Crippen LogP contribution in [0.5, 0.6) is 0 Å². The molecule has 1 aromatic carbocycles. The first-order chi connectivity index (χ1) is 12.2. The number of nitrogens with one attached hydrogen (secondary N) is 1. The predicted octanol–water partition coefficient (Wildman–Crippen LogP) is 2.72. The van der Waals surface area contributed by atoms with Crippen molar-refractivity contribution in [2.24, 2.45) is 0 Å². The number of carbonyl (C=O) groups excluding carboxylic acids is 1. The van der Waals surface area contributed by atoms with Gasteiger partial charge in [0.15, 0.2) is 5.65 Å². The summed E-state index contributed by atoms with van der Waals surface area (Å²) in [6.07, 6.45) is 4.55. The molecule has 0 fully saturated rings. The Hall–Kier alpha value is -3.15. The summed E-state index contributed by atoms with van der Waals surface area (Å²) in [5, 5.41) is 5.58. The lowest BCUT2D eigenvalue weighted by Crippen LogP contribution is -2.37. The van der Waals surface area contributed by atoms with Crippen LogP contribution in [0, 0.1) is 6.92 Å². The SMILES string of the molecule is Cc1cc2ncc3c(n2n1)CCN(C(=O)c1ccc2[nH]ccc2c1)C3. The van der Waals surface area contributed by atoms with Gasteiger partial charge in [0.25, 0.3) is 5.91 Å². The van der Waals surface area contributed by atoms with E-state index in [1.165, 1.54) is 0 Å². The molecule has 6 heteroatoms. The van der Waals surface area contributed by atoms with Gasteiger partial charge in [0.05, 0.1) is 11.4 Å². The summed E-state index contributed by atoms with van der Waals surface area (Å²) in [5.41, 5.74) is 5.81. The molecule has 5 rings (SSSR count). The van der Waals surface area contributed by atoms with Crippen molar-refractivity contribution in [3.63, 3.8) is 0 Å². The molecule has 1 aliphatic rings.